The molecule has 0 radical (unpaired) electrons. The van der Waals surface area contributed by atoms with Crippen molar-refractivity contribution in [3.8, 4) is 16.9 Å². The zero-order chi connectivity index (χ0) is 25.4. The number of hydrogen-bond donors (Lipinski definition) is 1. The number of aliphatic carboxylic acids is 1. The van der Waals surface area contributed by atoms with Crippen molar-refractivity contribution in [2.45, 2.75) is 23.9 Å². The zero-order valence-corrected chi connectivity index (χ0v) is 19.2. The number of hydrogen-bond acceptors (Lipinski definition) is 4. The first kappa shape index (κ1) is 24.3. The van der Waals surface area contributed by atoms with Gasteiger partial charge in [0.2, 0.25) is 0 Å². The number of benzene rings is 3. The van der Waals surface area contributed by atoms with Crippen molar-refractivity contribution < 1.29 is 36.2 Å². The Morgan fingerprint density at radius 2 is 1.71 bits per heavy atom. The van der Waals surface area contributed by atoms with E-state index in [1.807, 2.05) is 0 Å². The van der Waals surface area contributed by atoms with Crippen molar-refractivity contribution in [2.24, 2.45) is 0 Å². The molecular formula is C25H20F3NO5S. The predicted octanol–water partition coefficient (Wildman–Crippen LogP) is 5.59. The Bertz CT molecular complexity index is 1510. The number of nitrogens with zero attached hydrogens (tertiary/aromatic N) is 1. The standard InChI is InChI=1S/C25H20F3NO5S/c1-34-20-10-11-23-22(14-20)18(7-12-24(30)31)15-29(23)35(32,33)21-4-2-3-17(13-21)16-5-8-19(9-6-16)25(26,27)28/h2-6,8-11,13-15H,7,12H2,1H3,(H,30,31). The number of methoxy groups -OCH3 is 1. The molecule has 1 aromatic heterocycles. The molecule has 0 amide bonds. The van der Waals surface area contributed by atoms with Gasteiger partial charge < -0.3 is 9.84 Å². The number of aryl methyl sites for hydroxylation is 1. The molecule has 182 valence electrons. The molecule has 4 rings (SSSR count). The van der Waals surface area contributed by atoms with E-state index in [9.17, 15) is 26.4 Å². The number of halogens is 3. The molecule has 0 saturated heterocycles. The molecule has 0 aliphatic rings. The fraction of sp³-hybridized carbons (Fsp3) is 0.160. The Hall–Kier alpha value is -3.79. The molecule has 6 nitrogen and oxygen atoms in total. The molecule has 0 aliphatic carbocycles. The Kier molecular flexibility index (Phi) is 6.33. The van der Waals surface area contributed by atoms with Crippen molar-refractivity contribution in [3.05, 3.63) is 84.1 Å². The quantitative estimate of drug-likeness (QED) is 0.355. The molecule has 0 bridgehead atoms. The third-order valence-corrected chi connectivity index (χ3v) is 7.27. The average Bonchev–Trinajstić information content (AvgIpc) is 3.21. The smallest absolute Gasteiger partial charge is 0.416 e. The Balaban J connectivity index is 1.78. The van der Waals surface area contributed by atoms with Gasteiger partial charge >= 0.3 is 12.1 Å². The molecule has 1 heterocycles. The summed E-state index contributed by atoms with van der Waals surface area (Å²) in [6.07, 6.45) is -3.14. The summed E-state index contributed by atoms with van der Waals surface area (Å²) in [7, 11) is -2.65. The average molecular weight is 503 g/mol. The second-order valence-electron chi connectivity index (χ2n) is 7.83. The van der Waals surface area contributed by atoms with Gasteiger partial charge in [-0.15, -0.1) is 0 Å². The lowest BCUT2D eigenvalue weighted by Gasteiger charge is -2.11. The van der Waals surface area contributed by atoms with Crippen LogP contribution in [0.3, 0.4) is 0 Å². The molecule has 0 aliphatic heterocycles. The van der Waals surface area contributed by atoms with Crippen molar-refractivity contribution in [3.63, 3.8) is 0 Å². The number of fused-ring (bicyclic) bond motifs is 1. The van der Waals surface area contributed by atoms with Crippen LogP contribution in [0.25, 0.3) is 22.0 Å². The molecule has 1 N–H and O–H groups in total. The topological polar surface area (TPSA) is 85.6 Å². The monoisotopic (exact) mass is 503 g/mol. The minimum Gasteiger partial charge on any atom is -0.497 e. The van der Waals surface area contributed by atoms with Crippen LogP contribution in [0.15, 0.2) is 77.8 Å². The summed E-state index contributed by atoms with van der Waals surface area (Å²) in [5, 5.41) is 9.63. The highest BCUT2D eigenvalue weighted by Gasteiger charge is 2.30. The van der Waals surface area contributed by atoms with Gasteiger partial charge in [-0.25, -0.2) is 12.4 Å². The van der Waals surface area contributed by atoms with Gasteiger partial charge in [0.05, 0.1) is 23.1 Å². The molecule has 0 unspecified atom stereocenters. The van der Waals surface area contributed by atoms with Crippen LogP contribution in [0, 0.1) is 0 Å². The minimum atomic E-state index is -4.47. The van der Waals surface area contributed by atoms with E-state index < -0.39 is 27.7 Å². The van der Waals surface area contributed by atoms with E-state index in [-0.39, 0.29) is 17.7 Å². The largest absolute Gasteiger partial charge is 0.497 e. The van der Waals surface area contributed by atoms with Gasteiger partial charge in [0, 0.05) is 18.0 Å². The van der Waals surface area contributed by atoms with Crippen LogP contribution in [-0.4, -0.2) is 30.6 Å². The van der Waals surface area contributed by atoms with Gasteiger partial charge in [-0.3, -0.25) is 4.79 Å². The summed E-state index contributed by atoms with van der Waals surface area (Å²) in [6.45, 7) is 0. The summed E-state index contributed by atoms with van der Waals surface area (Å²) < 4.78 is 72.2. The first-order chi connectivity index (χ1) is 16.5. The van der Waals surface area contributed by atoms with Crippen molar-refractivity contribution in [2.75, 3.05) is 7.11 Å². The second-order valence-corrected chi connectivity index (χ2v) is 9.65. The molecule has 4 aromatic rings. The summed E-state index contributed by atoms with van der Waals surface area (Å²) in [6, 6.07) is 15.2. The molecule has 35 heavy (non-hydrogen) atoms. The van der Waals surface area contributed by atoms with E-state index in [4.69, 9.17) is 9.84 Å². The van der Waals surface area contributed by atoms with Gasteiger partial charge in [-0.05, 0) is 65.6 Å². The second kappa shape index (κ2) is 9.10. The van der Waals surface area contributed by atoms with Crippen LogP contribution in [0.2, 0.25) is 0 Å². The lowest BCUT2D eigenvalue weighted by molar-refractivity contribution is -0.138. The van der Waals surface area contributed by atoms with Gasteiger partial charge in [0.15, 0.2) is 0 Å². The fourth-order valence-corrected chi connectivity index (χ4v) is 5.25. The number of aromatic nitrogens is 1. The van der Waals surface area contributed by atoms with Gasteiger partial charge in [0.25, 0.3) is 10.0 Å². The number of alkyl halides is 3. The molecule has 0 atom stereocenters. The Labute approximate surface area is 199 Å². The summed E-state index contributed by atoms with van der Waals surface area (Å²) in [5.74, 6) is -0.519. The Morgan fingerprint density at radius 1 is 1.00 bits per heavy atom. The van der Waals surface area contributed by atoms with Gasteiger partial charge in [-0.2, -0.15) is 13.2 Å². The van der Waals surface area contributed by atoms with Gasteiger partial charge in [-0.1, -0.05) is 24.3 Å². The first-order valence-electron chi connectivity index (χ1n) is 10.4. The summed E-state index contributed by atoms with van der Waals surface area (Å²) in [4.78, 5) is 11.0. The first-order valence-corrected chi connectivity index (χ1v) is 11.9. The van der Waals surface area contributed by atoms with Crippen molar-refractivity contribution >= 4 is 26.9 Å². The maximum Gasteiger partial charge on any atom is 0.416 e. The molecule has 0 saturated carbocycles. The molecular weight excluding hydrogens is 483 g/mol. The molecule has 3 aromatic carbocycles. The maximum absolute atomic E-state index is 13.6. The lowest BCUT2D eigenvalue weighted by atomic mass is 10.0. The molecule has 0 spiro atoms. The third kappa shape index (κ3) is 4.88. The van der Waals surface area contributed by atoms with E-state index in [0.29, 0.717) is 33.3 Å². The number of ether oxygens (including phenoxy) is 1. The zero-order valence-electron chi connectivity index (χ0n) is 18.4. The van der Waals surface area contributed by atoms with Crippen LogP contribution in [-0.2, 0) is 27.4 Å². The summed E-state index contributed by atoms with van der Waals surface area (Å²) in [5.41, 5.74) is 0.950. The van der Waals surface area contributed by atoms with Gasteiger partial charge in [0.1, 0.15) is 5.75 Å². The highest BCUT2D eigenvalue weighted by atomic mass is 32.2. The number of carboxylic acid groups (broad SMARTS) is 1. The molecule has 0 fully saturated rings. The highest BCUT2D eigenvalue weighted by Crippen LogP contribution is 2.33. The Morgan fingerprint density at radius 3 is 2.34 bits per heavy atom. The number of rotatable bonds is 7. The fourth-order valence-electron chi connectivity index (χ4n) is 3.81. The van der Waals surface area contributed by atoms with Crippen LogP contribution in [0.5, 0.6) is 5.75 Å². The normalized spacial score (nSPS) is 12.1. The van der Waals surface area contributed by atoms with Crippen LogP contribution < -0.4 is 4.74 Å². The van der Waals surface area contributed by atoms with Crippen molar-refractivity contribution in [1.82, 2.24) is 3.97 Å². The third-order valence-electron chi connectivity index (χ3n) is 5.60. The highest BCUT2D eigenvalue weighted by molar-refractivity contribution is 7.90. The maximum atomic E-state index is 13.6. The summed E-state index contributed by atoms with van der Waals surface area (Å²) >= 11 is 0. The van der Waals surface area contributed by atoms with E-state index >= 15 is 0 Å². The molecule has 10 heteroatoms. The van der Waals surface area contributed by atoms with Crippen LogP contribution in [0.1, 0.15) is 17.5 Å². The van der Waals surface area contributed by atoms with Crippen molar-refractivity contribution in [1.29, 1.82) is 0 Å². The van der Waals surface area contributed by atoms with E-state index in [0.717, 1.165) is 16.1 Å². The van der Waals surface area contributed by atoms with E-state index in [2.05, 4.69) is 0 Å². The number of carboxylic acids is 1. The van der Waals surface area contributed by atoms with Crippen LogP contribution >= 0.6 is 0 Å². The lowest BCUT2D eigenvalue weighted by Crippen LogP contribution is -2.12. The minimum absolute atomic E-state index is 0.0626. The number of carbonyl (C=O) groups is 1. The van der Waals surface area contributed by atoms with E-state index in [1.54, 1.807) is 24.3 Å². The predicted molar refractivity (Wildman–Crippen MR) is 124 cm³/mol. The van der Waals surface area contributed by atoms with Crippen LogP contribution in [0.4, 0.5) is 13.2 Å². The SMILES string of the molecule is COc1ccc2c(c1)c(CCC(=O)O)cn2S(=O)(=O)c1cccc(-c2ccc(C(F)(F)F)cc2)c1. The van der Waals surface area contributed by atoms with E-state index in [1.165, 1.54) is 43.6 Å².